The average Bonchev–Trinajstić information content (AvgIpc) is 3.00. The van der Waals surface area contributed by atoms with Crippen molar-refractivity contribution in [3.8, 4) is 0 Å². The number of esters is 2. The van der Waals surface area contributed by atoms with Gasteiger partial charge < -0.3 is 14.2 Å². The number of ether oxygens (including phenoxy) is 3. The Labute approximate surface area is 126 Å². The summed E-state index contributed by atoms with van der Waals surface area (Å²) >= 11 is 1.50. The first-order valence-electron chi connectivity index (χ1n) is 6.43. The molecule has 1 atom stereocenters. The molecular weight excluding hydrogens is 292 g/mol. The van der Waals surface area contributed by atoms with Crippen LogP contribution in [0.1, 0.15) is 18.7 Å². The molecule has 1 aromatic rings. The lowest BCUT2D eigenvalue weighted by Crippen LogP contribution is -2.40. The molecule has 1 aliphatic heterocycles. The van der Waals surface area contributed by atoms with Crippen molar-refractivity contribution in [1.82, 2.24) is 0 Å². The SMILES string of the molecule is CCOC(=O)C1(C)C=C(c2cccs2)C=C(C(=O)OC)O1. The number of carbonyl (C=O) groups excluding carboxylic acids is 2. The van der Waals surface area contributed by atoms with Gasteiger partial charge in [0.05, 0.1) is 13.7 Å². The van der Waals surface area contributed by atoms with Crippen molar-refractivity contribution >= 4 is 28.8 Å². The van der Waals surface area contributed by atoms with Gasteiger partial charge in [-0.15, -0.1) is 11.3 Å². The number of rotatable bonds is 4. The van der Waals surface area contributed by atoms with E-state index in [0.717, 1.165) is 10.5 Å². The molecule has 2 heterocycles. The van der Waals surface area contributed by atoms with Crippen molar-refractivity contribution in [1.29, 1.82) is 0 Å². The third-order valence-corrected chi connectivity index (χ3v) is 3.83. The summed E-state index contributed by atoms with van der Waals surface area (Å²) < 4.78 is 15.2. The van der Waals surface area contributed by atoms with Crippen molar-refractivity contribution in [2.24, 2.45) is 0 Å². The summed E-state index contributed by atoms with van der Waals surface area (Å²) in [5, 5.41) is 1.92. The number of hydrogen-bond donors (Lipinski definition) is 0. The smallest absolute Gasteiger partial charge is 0.373 e. The molecule has 0 bridgehead atoms. The lowest BCUT2D eigenvalue weighted by Gasteiger charge is -2.29. The maximum absolute atomic E-state index is 12.1. The molecule has 0 radical (unpaired) electrons. The molecule has 1 aliphatic rings. The van der Waals surface area contributed by atoms with Crippen LogP contribution in [0.15, 0.2) is 35.4 Å². The Morgan fingerprint density at radius 3 is 2.76 bits per heavy atom. The predicted octanol–water partition coefficient (Wildman–Crippen LogP) is 2.54. The molecule has 5 nitrogen and oxygen atoms in total. The molecule has 6 heteroatoms. The molecule has 2 rings (SSSR count). The summed E-state index contributed by atoms with van der Waals surface area (Å²) in [4.78, 5) is 24.8. The maximum atomic E-state index is 12.1. The topological polar surface area (TPSA) is 61.8 Å². The van der Waals surface area contributed by atoms with Crippen LogP contribution >= 0.6 is 11.3 Å². The number of thiophene rings is 1. The third kappa shape index (κ3) is 3.16. The summed E-state index contributed by atoms with van der Waals surface area (Å²) in [6.45, 7) is 3.51. The lowest BCUT2D eigenvalue weighted by molar-refractivity contribution is -0.163. The van der Waals surface area contributed by atoms with Crippen molar-refractivity contribution in [3.05, 3.63) is 40.3 Å². The molecule has 0 aliphatic carbocycles. The zero-order valence-corrected chi connectivity index (χ0v) is 12.9. The summed E-state index contributed by atoms with van der Waals surface area (Å²) in [6.07, 6.45) is 3.22. The Bertz CT molecular complexity index is 600. The fourth-order valence-electron chi connectivity index (χ4n) is 1.93. The van der Waals surface area contributed by atoms with Crippen LogP contribution in [0.4, 0.5) is 0 Å². The number of carbonyl (C=O) groups is 2. The van der Waals surface area contributed by atoms with Crippen molar-refractivity contribution in [3.63, 3.8) is 0 Å². The van der Waals surface area contributed by atoms with E-state index < -0.39 is 17.5 Å². The Morgan fingerprint density at radius 2 is 2.19 bits per heavy atom. The van der Waals surface area contributed by atoms with E-state index in [0.29, 0.717) is 0 Å². The highest BCUT2D eigenvalue weighted by molar-refractivity contribution is 7.11. The zero-order chi connectivity index (χ0) is 15.5. The van der Waals surface area contributed by atoms with Crippen LogP contribution in [0.25, 0.3) is 5.57 Å². The molecule has 112 valence electrons. The van der Waals surface area contributed by atoms with Crippen LogP contribution in [0, 0.1) is 0 Å². The van der Waals surface area contributed by atoms with Gasteiger partial charge in [-0.05, 0) is 43.0 Å². The molecule has 0 N–H and O–H groups in total. The van der Waals surface area contributed by atoms with Gasteiger partial charge in [0.2, 0.25) is 11.4 Å². The molecule has 1 unspecified atom stereocenters. The molecule has 0 saturated carbocycles. The van der Waals surface area contributed by atoms with Crippen molar-refractivity contribution < 1.29 is 23.8 Å². The Kier molecular flexibility index (Phi) is 4.47. The van der Waals surface area contributed by atoms with Gasteiger partial charge in [-0.2, -0.15) is 0 Å². The zero-order valence-electron chi connectivity index (χ0n) is 12.0. The van der Waals surface area contributed by atoms with Crippen LogP contribution in [0.5, 0.6) is 0 Å². The normalized spacial score (nSPS) is 20.9. The van der Waals surface area contributed by atoms with Gasteiger partial charge in [-0.25, -0.2) is 9.59 Å². The highest BCUT2D eigenvalue weighted by Crippen LogP contribution is 2.33. The standard InChI is InChI=1S/C15H16O5S/c1-4-19-14(17)15(2)9-10(12-6-5-7-21-12)8-11(20-15)13(16)18-3/h5-9H,4H2,1-3H3. The molecule has 0 fully saturated rings. The first-order chi connectivity index (χ1) is 10.00. The maximum Gasteiger partial charge on any atom is 0.373 e. The summed E-state index contributed by atoms with van der Waals surface area (Å²) in [5.41, 5.74) is -0.625. The second kappa shape index (κ2) is 6.13. The summed E-state index contributed by atoms with van der Waals surface area (Å²) in [5.74, 6) is -1.19. The fourth-order valence-corrected chi connectivity index (χ4v) is 2.64. The molecule has 1 aromatic heterocycles. The van der Waals surface area contributed by atoms with E-state index in [-0.39, 0.29) is 12.4 Å². The predicted molar refractivity (Wildman–Crippen MR) is 78.5 cm³/mol. The van der Waals surface area contributed by atoms with E-state index >= 15 is 0 Å². The summed E-state index contributed by atoms with van der Waals surface area (Å²) in [7, 11) is 1.26. The highest BCUT2D eigenvalue weighted by atomic mass is 32.1. The molecule has 0 saturated heterocycles. The van der Waals surface area contributed by atoms with Gasteiger partial charge in [0.1, 0.15) is 0 Å². The third-order valence-electron chi connectivity index (χ3n) is 2.91. The van der Waals surface area contributed by atoms with E-state index in [1.807, 2.05) is 17.5 Å². The van der Waals surface area contributed by atoms with E-state index in [4.69, 9.17) is 9.47 Å². The van der Waals surface area contributed by atoms with Crippen LogP contribution in [0.2, 0.25) is 0 Å². The van der Waals surface area contributed by atoms with Crippen LogP contribution in [-0.2, 0) is 23.8 Å². The quantitative estimate of drug-likeness (QED) is 0.800. The minimum Gasteiger partial charge on any atom is -0.464 e. The average molecular weight is 308 g/mol. The van der Waals surface area contributed by atoms with Crippen LogP contribution in [-0.4, -0.2) is 31.3 Å². The minimum absolute atomic E-state index is 0.0149. The van der Waals surface area contributed by atoms with Gasteiger partial charge in [-0.1, -0.05) is 6.07 Å². The first-order valence-corrected chi connectivity index (χ1v) is 7.31. The minimum atomic E-state index is -1.35. The Balaban J connectivity index is 2.44. The molecule has 0 spiro atoms. The molecule has 0 aromatic carbocycles. The van der Waals surface area contributed by atoms with Gasteiger partial charge in [0.25, 0.3) is 0 Å². The first kappa shape index (κ1) is 15.3. The van der Waals surface area contributed by atoms with Gasteiger partial charge in [0, 0.05) is 4.88 Å². The highest BCUT2D eigenvalue weighted by Gasteiger charge is 2.40. The van der Waals surface area contributed by atoms with E-state index in [1.54, 1.807) is 26.0 Å². The summed E-state index contributed by atoms with van der Waals surface area (Å²) in [6, 6.07) is 3.79. The fraction of sp³-hybridized carbons (Fsp3) is 0.333. The second-order valence-electron chi connectivity index (χ2n) is 4.51. The van der Waals surface area contributed by atoms with Gasteiger partial charge >= 0.3 is 11.9 Å². The van der Waals surface area contributed by atoms with E-state index in [9.17, 15) is 9.59 Å². The molecular formula is C15H16O5S. The van der Waals surface area contributed by atoms with Gasteiger partial charge in [0.15, 0.2) is 0 Å². The monoisotopic (exact) mass is 308 g/mol. The van der Waals surface area contributed by atoms with Crippen molar-refractivity contribution in [2.45, 2.75) is 19.4 Å². The van der Waals surface area contributed by atoms with E-state index in [2.05, 4.69) is 4.74 Å². The molecule has 0 amide bonds. The number of methoxy groups -OCH3 is 1. The second-order valence-corrected chi connectivity index (χ2v) is 5.45. The lowest BCUT2D eigenvalue weighted by atomic mass is 9.98. The van der Waals surface area contributed by atoms with Crippen molar-refractivity contribution in [2.75, 3.05) is 13.7 Å². The van der Waals surface area contributed by atoms with Crippen LogP contribution < -0.4 is 0 Å². The Morgan fingerprint density at radius 1 is 1.43 bits per heavy atom. The largest absolute Gasteiger partial charge is 0.464 e. The number of allylic oxidation sites excluding steroid dienone is 2. The molecule has 21 heavy (non-hydrogen) atoms. The number of hydrogen-bond acceptors (Lipinski definition) is 6. The Hall–Kier alpha value is -2.08. The van der Waals surface area contributed by atoms with Crippen LogP contribution in [0.3, 0.4) is 0 Å². The van der Waals surface area contributed by atoms with Gasteiger partial charge in [-0.3, -0.25) is 0 Å². The van der Waals surface area contributed by atoms with E-state index in [1.165, 1.54) is 18.4 Å².